The summed E-state index contributed by atoms with van der Waals surface area (Å²) in [5.74, 6) is 0.907. The first-order valence-corrected chi connectivity index (χ1v) is 5.44. The lowest BCUT2D eigenvalue weighted by Gasteiger charge is -2.10. The molecule has 2 N–H and O–H groups in total. The van der Waals surface area contributed by atoms with Gasteiger partial charge in [0.15, 0.2) is 0 Å². The van der Waals surface area contributed by atoms with Gasteiger partial charge in [-0.3, -0.25) is 4.79 Å². The highest BCUT2D eigenvalue weighted by atomic mass is 16.1. The zero-order valence-corrected chi connectivity index (χ0v) is 10.0. The fourth-order valence-corrected chi connectivity index (χ4v) is 1.36. The Hall–Kier alpha value is -1.43. The number of carbonyl (C=O) groups is 1. The lowest BCUT2D eigenvalue weighted by Crippen LogP contribution is -2.30. The van der Waals surface area contributed by atoms with Gasteiger partial charge in [-0.2, -0.15) is 5.10 Å². The quantitative estimate of drug-likeness (QED) is 0.673. The highest BCUT2D eigenvalue weighted by Gasteiger charge is 2.06. The molecule has 1 heterocycles. The molecule has 0 bridgehead atoms. The van der Waals surface area contributed by atoms with Crippen LogP contribution >= 0.6 is 0 Å². The first-order valence-electron chi connectivity index (χ1n) is 5.44. The van der Waals surface area contributed by atoms with E-state index in [-0.39, 0.29) is 5.91 Å². The van der Waals surface area contributed by atoms with Gasteiger partial charge < -0.3 is 10.6 Å². The van der Waals surface area contributed by atoms with E-state index < -0.39 is 0 Å². The first kappa shape index (κ1) is 12.6. The Balaban J connectivity index is 2.26. The number of rotatable bonds is 6. The summed E-state index contributed by atoms with van der Waals surface area (Å²) >= 11 is 0. The summed E-state index contributed by atoms with van der Waals surface area (Å²) in [5.41, 5.74) is 0. The van der Waals surface area contributed by atoms with Gasteiger partial charge in [-0.05, 0) is 13.8 Å². The van der Waals surface area contributed by atoms with Crippen molar-refractivity contribution < 1.29 is 4.79 Å². The summed E-state index contributed by atoms with van der Waals surface area (Å²) in [4.78, 5) is 14.8. The SMILES string of the molecule is CC(=O)NCCNCc1ncnn1C(C)C. The van der Waals surface area contributed by atoms with Crippen molar-refractivity contribution in [2.45, 2.75) is 33.4 Å². The minimum Gasteiger partial charge on any atom is -0.355 e. The average molecular weight is 225 g/mol. The van der Waals surface area contributed by atoms with Crippen LogP contribution in [0.2, 0.25) is 0 Å². The summed E-state index contributed by atoms with van der Waals surface area (Å²) < 4.78 is 1.88. The normalized spacial score (nSPS) is 10.8. The average Bonchev–Trinajstić information content (AvgIpc) is 2.65. The fourth-order valence-electron chi connectivity index (χ4n) is 1.36. The second kappa shape index (κ2) is 6.22. The Morgan fingerprint density at radius 2 is 2.25 bits per heavy atom. The van der Waals surface area contributed by atoms with Gasteiger partial charge in [-0.25, -0.2) is 9.67 Å². The monoisotopic (exact) mass is 225 g/mol. The van der Waals surface area contributed by atoms with Crippen LogP contribution in [-0.4, -0.2) is 33.8 Å². The van der Waals surface area contributed by atoms with Crippen LogP contribution in [0.25, 0.3) is 0 Å². The summed E-state index contributed by atoms with van der Waals surface area (Å²) in [6.45, 7) is 7.66. The molecule has 1 rings (SSSR count). The van der Waals surface area contributed by atoms with Crippen LogP contribution in [0.4, 0.5) is 0 Å². The smallest absolute Gasteiger partial charge is 0.216 e. The molecule has 1 aromatic heterocycles. The Bertz CT molecular complexity index is 334. The van der Waals surface area contributed by atoms with Gasteiger partial charge in [0, 0.05) is 26.1 Å². The minimum absolute atomic E-state index is 0.00727. The van der Waals surface area contributed by atoms with Gasteiger partial charge in [0.1, 0.15) is 12.2 Å². The molecule has 0 radical (unpaired) electrons. The van der Waals surface area contributed by atoms with E-state index in [1.807, 2.05) is 4.68 Å². The van der Waals surface area contributed by atoms with Crippen molar-refractivity contribution in [3.05, 3.63) is 12.2 Å². The molecule has 0 atom stereocenters. The van der Waals surface area contributed by atoms with Gasteiger partial charge >= 0.3 is 0 Å². The highest BCUT2D eigenvalue weighted by Crippen LogP contribution is 2.04. The number of aromatic nitrogens is 3. The second-order valence-corrected chi connectivity index (χ2v) is 3.87. The number of nitrogens with zero attached hydrogens (tertiary/aromatic N) is 3. The predicted octanol–water partition coefficient (Wildman–Crippen LogP) is 0.0847. The molecule has 0 aliphatic heterocycles. The number of hydrogen-bond donors (Lipinski definition) is 2. The number of nitrogens with one attached hydrogen (secondary N) is 2. The molecule has 1 amide bonds. The maximum Gasteiger partial charge on any atom is 0.216 e. The van der Waals surface area contributed by atoms with E-state index in [0.29, 0.717) is 19.1 Å². The Morgan fingerprint density at radius 1 is 1.50 bits per heavy atom. The van der Waals surface area contributed by atoms with Gasteiger partial charge in [0.25, 0.3) is 0 Å². The molecular formula is C10H19N5O. The van der Waals surface area contributed by atoms with E-state index >= 15 is 0 Å². The van der Waals surface area contributed by atoms with Gasteiger partial charge in [-0.15, -0.1) is 0 Å². The summed E-state index contributed by atoms with van der Waals surface area (Å²) in [7, 11) is 0. The lowest BCUT2D eigenvalue weighted by molar-refractivity contribution is -0.118. The summed E-state index contributed by atoms with van der Waals surface area (Å²) in [5, 5.41) is 10.1. The van der Waals surface area contributed by atoms with Gasteiger partial charge in [-0.1, -0.05) is 0 Å². The molecule has 1 aromatic rings. The van der Waals surface area contributed by atoms with Crippen LogP contribution in [0.1, 0.15) is 32.6 Å². The highest BCUT2D eigenvalue weighted by molar-refractivity contribution is 5.72. The topological polar surface area (TPSA) is 71.8 Å². The second-order valence-electron chi connectivity index (χ2n) is 3.87. The van der Waals surface area contributed by atoms with Crippen LogP contribution in [0.5, 0.6) is 0 Å². The van der Waals surface area contributed by atoms with E-state index in [1.54, 1.807) is 6.33 Å². The van der Waals surface area contributed by atoms with Crippen molar-refractivity contribution in [2.24, 2.45) is 0 Å². The van der Waals surface area contributed by atoms with E-state index in [1.165, 1.54) is 6.92 Å². The molecule has 0 aliphatic rings. The van der Waals surface area contributed by atoms with Gasteiger partial charge in [0.05, 0.1) is 6.54 Å². The molecule has 6 heteroatoms. The summed E-state index contributed by atoms with van der Waals surface area (Å²) in [6, 6.07) is 0.314. The molecule has 0 fully saturated rings. The molecule has 16 heavy (non-hydrogen) atoms. The van der Waals surface area contributed by atoms with Crippen LogP contribution in [0, 0.1) is 0 Å². The predicted molar refractivity (Wildman–Crippen MR) is 60.8 cm³/mol. The first-order chi connectivity index (χ1) is 7.61. The third-order valence-electron chi connectivity index (χ3n) is 2.10. The molecule has 0 saturated carbocycles. The van der Waals surface area contributed by atoms with Crippen molar-refractivity contribution in [2.75, 3.05) is 13.1 Å². The lowest BCUT2D eigenvalue weighted by atomic mass is 10.4. The zero-order valence-electron chi connectivity index (χ0n) is 10.0. The van der Waals surface area contributed by atoms with Crippen LogP contribution in [0.3, 0.4) is 0 Å². The van der Waals surface area contributed by atoms with E-state index in [9.17, 15) is 4.79 Å². The molecule has 0 saturated heterocycles. The Labute approximate surface area is 95.4 Å². The van der Waals surface area contributed by atoms with Crippen molar-refractivity contribution >= 4 is 5.91 Å². The van der Waals surface area contributed by atoms with Crippen molar-refractivity contribution in [1.29, 1.82) is 0 Å². The zero-order chi connectivity index (χ0) is 12.0. The molecule has 0 unspecified atom stereocenters. The standard InChI is InChI=1S/C10H19N5O/c1-8(2)15-10(13-7-14-15)6-11-4-5-12-9(3)16/h7-8,11H,4-6H2,1-3H3,(H,12,16). The molecule has 6 nitrogen and oxygen atoms in total. The molecule has 0 aliphatic carbocycles. The number of hydrogen-bond acceptors (Lipinski definition) is 4. The summed E-state index contributed by atoms with van der Waals surface area (Å²) in [6.07, 6.45) is 1.56. The fraction of sp³-hybridized carbons (Fsp3) is 0.700. The van der Waals surface area contributed by atoms with Crippen LogP contribution in [0.15, 0.2) is 6.33 Å². The van der Waals surface area contributed by atoms with E-state index in [4.69, 9.17) is 0 Å². The van der Waals surface area contributed by atoms with Crippen LogP contribution < -0.4 is 10.6 Å². The largest absolute Gasteiger partial charge is 0.355 e. The van der Waals surface area contributed by atoms with Crippen LogP contribution in [-0.2, 0) is 11.3 Å². The number of carbonyl (C=O) groups excluding carboxylic acids is 1. The maximum atomic E-state index is 10.6. The molecule has 0 spiro atoms. The van der Waals surface area contributed by atoms with Crippen molar-refractivity contribution in [3.8, 4) is 0 Å². The third-order valence-corrected chi connectivity index (χ3v) is 2.10. The molecule has 0 aromatic carbocycles. The van der Waals surface area contributed by atoms with E-state index in [0.717, 1.165) is 12.4 Å². The molecular weight excluding hydrogens is 206 g/mol. The van der Waals surface area contributed by atoms with E-state index in [2.05, 4.69) is 34.6 Å². The Kier molecular flexibility index (Phi) is 4.91. The maximum absolute atomic E-state index is 10.6. The molecule has 90 valence electrons. The minimum atomic E-state index is -0.00727. The van der Waals surface area contributed by atoms with Crippen molar-refractivity contribution in [1.82, 2.24) is 25.4 Å². The Morgan fingerprint density at radius 3 is 2.88 bits per heavy atom. The third kappa shape index (κ3) is 3.98. The van der Waals surface area contributed by atoms with Gasteiger partial charge in [0.2, 0.25) is 5.91 Å². The van der Waals surface area contributed by atoms with Crippen molar-refractivity contribution in [3.63, 3.8) is 0 Å². The number of amides is 1.